The Kier molecular flexibility index (Phi) is 7.40. The van der Waals surface area contributed by atoms with E-state index in [0.717, 1.165) is 54.6 Å². The number of ether oxygens (including phenoxy) is 3. The average Bonchev–Trinajstić information content (AvgIpc) is 2.79. The molecule has 0 saturated carbocycles. The van der Waals surface area contributed by atoms with Crippen LogP contribution in [0.5, 0.6) is 17.4 Å². The minimum absolute atomic E-state index is 0.450. The van der Waals surface area contributed by atoms with Gasteiger partial charge in [-0.1, -0.05) is 0 Å². The molecule has 3 rings (SSSR count). The van der Waals surface area contributed by atoms with Gasteiger partial charge in [0.15, 0.2) is 5.11 Å². The number of aromatic nitrogens is 1. The van der Waals surface area contributed by atoms with Gasteiger partial charge < -0.3 is 34.4 Å². The maximum Gasteiger partial charge on any atom is 0.237 e. The Bertz CT molecular complexity index is 908. The second-order valence-electron chi connectivity index (χ2n) is 7.37. The van der Waals surface area contributed by atoms with Crippen molar-refractivity contribution < 1.29 is 19.3 Å². The van der Waals surface area contributed by atoms with E-state index in [1.807, 2.05) is 31.2 Å². The van der Waals surface area contributed by atoms with E-state index in [4.69, 9.17) is 26.4 Å². The molecule has 31 heavy (non-hydrogen) atoms. The minimum Gasteiger partial charge on any atom is -0.497 e. The lowest BCUT2D eigenvalue weighted by atomic mass is 10.1. The first-order valence-corrected chi connectivity index (χ1v) is 10.5. The molecule has 9 heteroatoms. The number of anilines is 2. The molecule has 2 aromatic rings. The summed E-state index contributed by atoms with van der Waals surface area (Å²) in [6.07, 6.45) is -0.629. The molecule has 0 amide bonds. The minimum atomic E-state index is -0.629. The second kappa shape index (κ2) is 10.0. The maximum atomic E-state index is 10.0. The number of thiocarbonyl (C=S) groups is 1. The zero-order valence-electron chi connectivity index (χ0n) is 18.6. The number of benzene rings is 1. The lowest BCUT2D eigenvalue weighted by Crippen LogP contribution is -2.50. The quantitative estimate of drug-likeness (QED) is 0.651. The van der Waals surface area contributed by atoms with Gasteiger partial charge in [-0.25, -0.2) is 4.98 Å². The van der Waals surface area contributed by atoms with E-state index >= 15 is 0 Å². The maximum absolute atomic E-state index is 10.0. The molecule has 2 N–H and O–H groups in total. The molecule has 1 aliphatic rings. The molecular formula is C22H30N4O4S. The third-order valence-electron chi connectivity index (χ3n) is 5.37. The number of hydrogen-bond acceptors (Lipinski definition) is 7. The Balaban J connectivity index is 1.68. The van der Waals surface area contributed by atoms with Gasteiger partial charge in [0.2, 0.25) is 5.88 Å². The molecule has 1 saturated heterocycles. The number of nitrogens with zero attached hydrogens (tertiary/aromatic N) is 3. The smallest absolute Gasteiger partial charge is 0.237 e. The predicted octanol–water partition coefficient (Wildman–Crippen LogP) is 2.99. The van der Waals surface area contributed by atoms with Crippen LogP contribution in [0.1, 0.15) is 24.3 Å². The van der Waals surface area contributed by atoms with Gasteiger partial charge >= 0.3 is 0 Å². The van der Waals surface area contributed by atoms with Crippen LogP contribution in [0.4, 0.5) is 11.4 Å². The summed E-state index contributed by atoms with van der Waals surface area (Å²) in [5.41, 5.74) is 3.17. The number of hydrogen-bond donors (Lipinski definition) is 2. The van der Waals surface area contributed by atoms with Crippen LogP contribution in [0.2, 0.25) is 0 Å². The van der Waals surface area contributed by atoms with Gasteiger partial charge in [-0.3, -0.25) is 0 Å². The van der Waals surface area contributed by atoms with E-state index in [2.05, 4.69) is 20.1 Å². The molecule has 0 radical (unpaired) electrons. The first-order chi connectivity index (χ1) is 14.9. The predicted molar refractivity (Wildman–Crippen MR) is 126 cm³/mol. The largest absolute Gasteiger partial charge is 0.497 e. The van der Waals surface area contributed by atoms with Gasteiger partial charge in [0, 0.05) is 61.3 Å². The van der Waals surface area contributed by atoms with E-state index in [1.165, 1.54) is 0 Å². The molecule has 1 fully saturated rings. The summed E-state index contributed by atoms with van der Waals surface area (Å²) in [7, 11) is 4.87. The molecule has 1 atom stereocenters. The summed E-state index contributed by atoms with van der Waals surface area (Å²) in [4.78, 5) is 8.84. The number of piperazine rings is 1. The highest BCUT2D eigenvalue weighted by molar-refractivity contribution is 7.80. The molecule has 1 aliphatic heterocycles. The van der Waals surface area contributed by atoms with Crippen LogP contribution < -0.4 is 24.4 Å². The van der Waals surface area contributed by atoms with Crippen LogP contribution in [0.3, 0.4) is 0 Å². The fourth-order valence-corrected chi connectivity index (χ4v) is 3.90. The van der Waals surface area contributed by atoms with Gasteiger partial charge in [0.05, 0.1) is 27.4 Å². The highest BCUT2D eigenvalue weighted by Gasteiger charge is 2.22. The molecule has 0 bridgehead atoms. The Morgan fingerprint density at radius 1 is 1.03 bits per heavy atom. The Morgan fingerprint density at radius 3 is 2.16 bits per heavy atom. The van der Waals surface area contributed by atoms with Crippen molar-refractivity contribution in [3.63, 3.8) is 0 Å². The van der Waals surface area contributed by atoms with Gasteiger partial charge in [-0.15, -0.1) is 0 Å². The van der Waals surface area contributed by atoms with Gasteiger partial charge in [-0.05, 0) is 32.1 Å². The molecule has 2 heterocycles. The fraction of sp³-hybridized carbons (Fsp3) is 0.455. The van der Waals surface area contributed by atoms with E-state index in [9.17, 15) is 5.11 Å². The molecule has 0 spiro atoms. The topological polar surface area (TPSA) is 79.3 Å². The number of aryl methyl sites for hydroxylation is 1. The molecule has 1 aromatic heterocycles. The number of nitrogens with one attached hydrogen (secondary N) is 1. The van der Waals surface area contributed by atoms with Crippen LogP contribution >= 0.6 is 12.2 Å². The van der Waals surface area contributed by atoms with E-state index < -0.39 is 6.10 Å². The first-order valence-electron chi connectivity index (χ1n) is 10.1. The van der Waals surface area contributed by atoms with Gasteiger partial charge in [0.25, 0.3) is 0 Å². The summed E-state index contributed by atoms with van der Waals surface area (Å²) in [5.74, 6) is 1.98. The lowest BCUT2D eigenvalue weighted by molar-refractivity contribution is 0.198. The van der Waals surface area contributed by atoms with Crippen molar-refractivity contribution in [2.24, 2.45) is 0 Å². The van der Waals surface area contributed by atoms with E-state index in [1.54, 1.807) is 28.3 Å². The number of aliphatic hydroxyl groups excluding tert-OH is 1. The first kappa shape index (κ1) is 22.9. The van der Waals surface area contributed by atoms with E-state index in [-0.39, 0.29) is 0 Å². The lowest BCUT2D eigenvalue weighted by Gasteiger charge is -2.37. The van der Waals surface area contributed by atoms with Crippen molar-refractivity contribution in [1.29, 1.82) is 0 Å². The van der Waals surface area contributed by atoms with Crippen LogP contribution in [0.15, 0.2) is 24.3 Å². The zero-order valence-corrected chi connectivity index (χ0v) is 19.5. The molecule has 168 valence electrons. The summed E-state index contributed by atoms with van der Waals surface area (Å²) in [6.45, 7) is 6.69. The second-order valence-corrected chi connectivity index (χ2v) is 7.76. The average molecular weight is 447 g/mol. The van der Waals surface area contributed by atoms with Crippen LogP contribution in [0.25, 0.3) is 0 Å². The summed E-state index contributed by atoms with van der Waals surface area (Å²) >= 11 is 5.65. The van der Waals surface area contributed by atoms with Gasteiger partial charge in [-0.2, -0.15) is 0 Å². The van der Waals surface area contributed by atoms with Crippen molar-refractivity contribution in [3.8, 4) is 17.4 Å². The van der Waals surface area contributed by atoms with Crippen molar-refractivity contribution in [2.45, 2.75) is 20.0 Å². The molecule has 1 aromatic carbocycles. The third kappa shape index (κ3) is 5.29. The van der Waals surface area contributed by atoms with Crippen molar-refractivity contribution in [3.05, 3.63) is 35.5 Å². The normalized spacial score (nSPS) is 14.8. The molecule has 0 aliphatic carbocycles. The Morgan fingerprint density at radius 2 is 1.65 bits per heavy atom. The monoisotopic (exact) mass is 446 g/mol. The standard InChI is InChI=1S/C22H30N4O4S/c1-14-19(15(2)27)13-20(21(23-14)30-5)24-22(31)26-8-6-25(7-9-26)16-10-17(28-3)12-18(11-16)29-4/h10-13,15,27H,6-9H2,1-5H3,(H,24,31). The fourth-order valence-electron chi connectivity index (χ4n) is 3.60. The van der Waals surface area contributed by atoms with Crippen molar-refractivity contribution in [1.82, 2.24) is 9.88 Å². The van der Waals surface area contributed by atoms with Crippen molar-refractivity contribution in [2.75, 3.05) is 57.7 Å². The Hall–Kier alpha value is -2.78. The zero-order chi connectivity index (χ0) is 22.5. The molecular weight excluding hydrogens is 416 g/mol. The Labute approximate surface area is 188 Å². The highest BCUT2D eigenvalue weighted by Crippen LogP contribution is 2.30. The third-order valence-corrected chi connectivity index (χ3v) is 5.73. The summed E-state index contributed by atoms with van der Waals surface area (Å²) < 4.78 is 16.2. The van der Waals surface area contributed by atoms with E-state index in [0.29, 0.717) is 16.7 Å². The number of rotatable bonds is 6. The molecule has 1 unspecified atom stereocenters. The SMILES string of the molecule is COc1cc(OC)cc(N2CCN(C(=S)Nc3cc(C(C)O)c(C)nc3OC)CC2)c1. The summed E-state index contributed by atoms with van der Waals surface area (Å²) in [6, 6.07) is 7.73. The molecule has 8 nitrogen and oxygen atoms in total. The number of aliphatic hydroxyl groups is 1. The van der Waals surface area contributed by atoms with Gasteiger partial charge in [0.1, 0.15) is 17.2 Å². The summed E-state index contributed by atoms with van der Waals surface area (Å²) in [5, 5.41) is 13.9. The number of pyridine rings is 1. The van der Waals surface area contributed by atoms with Crippen LogP contribution in [-0.2, 0) is 0 Å². The van der Waals surface area contributed by atoms with Crippen molar-refractivity contribution >= 4 is 28.7 Å². The highest BCUT2D eigenvalue weighted by atomic mass is 32.1. The van der Waals surface area contributed by atoms with Crippen LogP contribution in [0, 0.1) is 6.92 Å². The number of methoxy groups -OCH3 is 3. The van der Waals surface area contributed by atoms with Crippen LogP contribution in [-0.4, -0.2) is 67.6 Å².